The van der Waals surface area contributed by atoms with E-state index in [0.29, 0.717) is 13.1 Å². The third kappa shape index (κ3) is 5.23. The van der Waals surface area contributed by atoms with E-state index in [1.807, 2.05) is 17.9 Å². The quantitative estimate of drug-likeness (QED) is 0.821. The highest BCUT2D eigenvalue weighted by Gasteiger charge is 2.26. The molecule has 1 fully saturated rings. The number of nitrogens with one attached hydrogen (secondary N) is 1. The summed E-state index contributed by atoms with van der Waals surface area (Å²) in [5, 5.41) is 3.16. The fourth-order valence-corrected chi connectivity index (χ4v) is 3.52. The second kappa shape index (κ2) is 8.52. The third-order valence-corrected chi connectivity index (χ3v) is 4.86. The predicted molar refractivity (Wildman–Crippen MR) is 98.3 cm³/mol. The summed E-state index contributed by atoms with van der Waals surface area (Å²) in [7, 11) is 0. The van der Waals surface area contributed by atoms with Gasteiger partial charge in [-0.05, 0) is 44.1 Å². The highest BCUT2D eigenvalue weighted by atomic mass is 16.5. The first-order chi connectivity index (χ1) is 11.4. The van der Waals surface area contributed by atoms with E-state index in [4.69, 9.17) is 4.74 Å². The van der Waals surface area contributed by atoms with Crippen molar-refractivity contribution in [3.8, 4) is 0 Å². The fourth-order valence-electron chi connectivity index (χ4n) is 3.52. The molecule has 4 heteroatoms. The fraction of sp³-hybridized carbons (Fsp3) is 0.650. The molecule has 134 valence electrons. The van der Waals surface area contributed by atoms with Gasteiger partial charge in [0, 0.05) is 25.7 Å². The van der Waals surface area contributed by atoms with Gasteiger partial charge in [-0.1, -0.05) is 44.2 Å². The van der Waals surface area contributed by atoms with E-state index in [1.165, 1.54) is 5.56 Å². The van der Waals surface area contributed by atoms with Crippen molar-refractivity contribution in [2.45, 2.75) is 64.5 Å². The second-order valence-electron chi connectivity index (χ2n) is 7.48. The predicted octanol–water partition coefficient (Wildman–Crippen LogP) is 3.95. The van der Waals surface area contributed by atoms with Gasteiger partial charge < -0.3 is 15.0 Å². The molecule has 4 nitrogen and oxygen atoms in total. The summed E-state index contributed by atoms with van der Waals surface area (Å²) >= 11 is 0. The second-order valence-corrected chi connectivity index (χ2v) is 7.48. The molecule has 0 spiro atoms. The van der Waals surface area contributed by atoms with Gasteiger partial charge in [0.1, 0.15) is 0 Å². The number of carbonyl (C=O) groups excluding carboxylic acids is 1. The molecule has 1 saturated heterocycles. The van der Waals surface area contributed by atoms with Gasteiger partial charge in [-0.25, -0.2) is 4.79 Å². The summed E-state index contributed by atoms with van der Waals surface area (Å²) in [5.41, 5.74) is 1.33. The van der Waals surface area contributed by atoms with Crippen molar-refractivity contribution in [3.63, 3.8) is 0 Å². The largest absolute Gasteiger partial charge is 0.376 e. The molecule has 0 radical (unpaired) electrons. The van der Waals surface area contributed by atoms with Crippen LogP contribution in [0.5, 0.6) is 0 Å². The third-order valence-electron chi connectivity index (χ3n) is 4.86. The summed E-state index contributed by atoms with van der Waals surface area (Å²) < 4.78 is 5.66. The van der Waals surface area contributed by atoms with Crippen LogP contribution in [0.2, 0.25) is 0 Å². The van der Waals surface area contributed by atoms with Crippen molar-refractivity contribution >= 4 is 6.03 Å². The Bertz CT molecular complexity index is 510. The van der Waals surface area contributed by atoms with Gasteiger partial charge in [-0.2, -0.15) is 0 Å². The average molecular weight is 332 g/mol. The topological polar surface area (TPSA) is 41.6 Å². The maximum absolute atomic E-state index is 12.6. The number of likely N-dealkylation sites (N-methyl/N-ethyl adjacent to an activating group) is 1. The summed E-state index contributed by atoms with van der Waals surface area (Å²) in [6.07, 6.45) is 3.26. The van der Waals surface area contributed by atoms with Crippen LogP contribution in [0.25, 0.3) is 0 Å². The van der Waals surface area contributed by atoms with Gasteiger partial charge in [0.05, 0.1) is 6.10 Å². The number of rotatable bonds is 7. The zero-order valence-electron chi connectivity index (χ0n) is 15.5. The number of carbonyl (C=O) groups is 1. The number of urea groups is 1. The minimum absolute atomic E-state index is 0.0179. The Morgan fingerprint density at radius 1 is 1.38 bits per heavy atom. The molecule has 0 aromatic heterocycles. The molecule has 2 amide bonds. The molecule has 0 bridgehead atoms. The van der Waals surface area contributed by atoms with Crippen molar-refractivity contribution in [1.29, 1.82) is 0 Å². The summed E-state index contributed by atoms with van der Waals surface area (Å²) in [4.78, 5) is 14.4. The van der Waals surface area contributed by atoms with E-state index < -0.39 is 0 Å². The molecule has 0 aliphatic carbocycles. The number of hydrogen-bond donors (Lipinski definition) is 1. The Hall–Kier alpha value is -1.55. The van der Waals surface area contributed by atoms with Gasteiger partial charge in [0.15, 0.2) is 0 Å². The molecule has 1 aliphatic heterocycles. The van der Waals surface area contributed by atoms with Gasteiger partial charge in [-0.3, -0.25) is 0 Å². The SMILES string of the molecule is CCN(CC1CCCO1)C(=O)NC(C)CC(C)(C)c1ccccc1. The van der Waals surface area contributed by atoms with Crippen molar-refractivity contribution in [1.82, 2.24) is 10.2 Å². The molecule has 24 heavy (non-hydrogen) atoms. The Kier molecular flexibility index (Phi) is 6.67. The summed E-state index contributed by atoms with van der Waals surface area (Å²) in [6.45, 7) is 10.8. The number of benzene rings is 1. The first-order valence-electron chi connectivity index (χ1n) is 9.15. The van der Waals surface area contributed by atoms with Gasteiger partial charge in [0.2, 0.25) is 0 Å². The minimum atomic E-state index is 0.0179. The van der Waals surface area contributed by atoms with Gasteiger partial charge in [-0.15, -0.1) is 0 Å². The lowest BCUT2D eigenvalue weighted by atomic mass is 9.79. The van der Waals surface area contributed by atoms with Gasteiger partial charge in [0.25, 0.3) is 0 Å². The number of amides is 2. The molecule has 2 unspecified atom stereocenters. The Balaban J connectivity index is 1.87. The van der Waals surface area contributed by atoms with Crippen LogP contribution in [-0.2, 0) is 10.2 Å². The molecule has 1 aliphatic rings. The van der Waals surface area contributed by atoms with E-state index in [2.05, 4.69) is 50.4 Å². The van der Waals surface area contributed by atoms with Crippen LogP contribution in [0, 0.1) is 0 Å². The summed E-state index contributed by atoms with van der Waals surface area (Å²) in [5.74, 6) is 0. The van der Waals surface area contributed by atoms with Crippen molar-refractivity contribution < 1.29 is 9.53 Å². The zero-order valence-corrected chi connectivity index (χ0v) is 15.5. The van der Waals surface area contributed by atoms with E-state index in [0.717, 1.165) is 25.9 Å². The number of ether oxygens (including phenoxy) is 1. The molecule has 2 atom stereocenters. The van der Waals surface area contributed by atoms with Crippen LogP contribution in [0.1, 0.15) is 52.5 Å². The van der Waals surface area contributed by atoms with Crippen LogP contribution in [0.3, 0.4) is 0 Å². The van der Waals surface area contributed by atoms with Crippen molar-refractivity contribution in [3.05, 3.63) is 35.9 Å². The standard InChI is InChI=1S/C20H32N2O2/c1-5-22(15-18-12-9-13-24-18)19(23)21-16(2)14-20(3,4)17-10-7-6-8-11-17/h6-8,10-11,16,18H,5,9,12-15H2,1-4H3,(H,21,23). The highest BCUT2D eigenvalue weighted by Crippen LogP contribution is 2.28. The molecule has 0 saturated carbocycles. The molecule has 1 N–H and O–H groups in total. The van der Waals surface area contributed by atoms with Gasteiger partial charge >= 0.3 is 6.03 Å². The average Bonchev–Trinajstić information content (AvgIpc) is 3.05. The van der Waals surface area contributed by atoms with Crippen LogP contribution in [0.15, 0.2) is 30.3 Å². The smallest absolute Gasteiger partial charge is 0.317 e. The van der Waals surface area contributed by atoms with E-state index in [1.54, 1.807) is 0 Å². The Morgan fingerprint density at radius 3 is 2.67 bits per heavy atom. The maximum Gasteiger partial charge on any atom is 0.317 e. The van der Waals surface area contributed by atoms with Crippen LogP contribution < -0.4 is 5.32 Å². The Morgan fingerprint density at radius 2 is 2.08 bits per heavy atom. The van der Waals surface area contributed by atoms with E-state index >= 15 is 0 Å². The minimum Gasteiger partial charge on any atom is -0.376 e. The van der Waals surface area contributed by atoms with E-state index in [9.17, 15) is 4.79 Å². The number of hydrogen-bond acceptors (Lipinski definition) is 2. The number of nitrogens with zero attached hydrogens (tertiary/aromatic N) is 1. The molecule has 1 aromatic rings. The Labute approximate surface area is 146 Å². The van der Waals surface area contributed by atoms with Crippen molar-refractivity contribution in [2.75, 3.05) is 19.7 Å². The molecular formula is C20H32N2O2. The molecule has 2 rings (SSSR count). The first-order valence-corrected chi connectivity index (χ1v) is 9.15. The molecular weight excluding hydrogens is 300 g/mol. The van der Waals surface area contributed by atoms with Crippen LogP contribution in [0.4, 0.5) is 4.79 Å². The lowest BCUT2D eigenvalue weighted by Crippen LogP contribution is -2.47. The van der Waals surface area contributed by atoms with E-state index in [-0.39, 0.29) is 23.6 Å². The monoisotopic (exact) mass is 332 g/mol. The molecule has 1 aromatic carbocycles. The van der Waals surface area contributed by atoms with Crippen molar-refractivity contribution in [2.24, 2.45) is 0 Å². The molecule has 1 heterocycles. The zero-order chi connectivity index (χ0) is 17.6. The highest BCUT2D eigenvalue weighted by molar-refractivity contribution is 5.74. The lowest BCUT2D eigenvalue weighted by Gasteiger charge is -2.31. The lowest BCUT2D eigenvalue weighted by molar-refractivity contribution is 0.0820. The summed E-state index contributed by atoms with van der Waals surface area (Å²) in [6, 6.07) is 10.6. The van der Waals surface area contributed by atoms with Crippen LogP contribution in [-0.4, -0.2) is 42.8 Å². The maximum atomic E-state index is 12.6. The normalized spacial score (nSPS) is 19.1. The van der Waals surface area contributed by atoms with Crippen LogP contribution >= 0.6 is 0 Å². The first kappa shape index (κ1) is 18.8.